The van der Waals surface area contributed by atoms with Crippen LogP contribution in [0.3, 0.4) is 0 Å². The zero-order valence-corrected chi connectivity index (χ0v) is 12.6. The van der Waals surface area contributed by atoms with Crippen molar-refractivity contribution in [2.75, 3.05) is 0 Å². The molecule has 1 heterocycles. The second kappa shape index (κ2) is 7.18. The van der Waals surface area contributed by atoms with Crippen LogP contribution in [0.2, 0.25) is 0 Å². The Morgan fingerprint density at radius 1 is 1.19 bits per heavy atom. The van der Waals surface area contributed by atoms with Crippen LogP contribution < -0.4 is 0 Å². The van der Waals surface area contributed by atoms with Gasteiger partial charge in [0.2, 0.25) is 0 Å². The van der Waals surface area contributed by atoms with Gasteiger partial charge in [-0.25, -0.2) is 0 Å². The van der Waals surface area contributed by atoms with Gasteiger partial charge in [-0.05, 0) is 41.5 Å². The van der Waals surface area contributed by atoms with Crippen molar-refractivity contribution >= 4 is 41.1 Å². The van der Waals surface area contributed by atoms with Gasteiger partial charge in [0.15, 0.2) is 10.9 Å². The SMILES string of the molecule is CCC1CC(=O)/C(=C/c2ccc(/C=C/C=O)cc2)SC1=O. The molecule has 1 aliphatic heterocycles. The number of carbonyl (C=O) groups excluding carboxylic acids is 3. The topological polar surface area (TPSA) is 51.2 Å². The summed E-state index contributed by atoms with van der Waals surface area (Å²) in [6.07, 6.45) is 6.64. The van der Waals surface area contributed by atoms with Crippen LogP contribution in [-0.2, 0) is 14.4 Å². The monoisotopic (exact) mass is 300 g/mol. The molecule has 0 aromatic heterocycles. The highest BCUT2D eigenvalue weighted by atomic mass is 32.2. The number of hydrogen-bond acceptors (Lipinski definition) is 4. The van der Waals surface area contributed by atoms with E-state index in [4.69, 9.17) is 0 Å². The summed E-state index contributed by atoms with van der Waals surface area (Å²) in [6, 6.07) is 7.45. The zero-order chi connectivity index (χ0) is 15.2. The van der Waals surface area contributed by atoms with Crippen molar-refractivity contribution in [3.8, 4) is 0 Å². The molecule has 0 radical (unpaired) electrons. The van der Waals surface area contributed by atoms with Crippen LogP contribution in [0, 0.1) is 5.92 Å². The number of aldehydes is 1. The maximum Gasteiger partial charge on any atom is 0.197 e. The minimum absolute atomic E-state index is 0.0383. The highest BCUT2D eigenvalue weighted by Gasteiger charge is 2.30. The third-order valence-corrected chi connectivity index (χ3v) is 4.44. The zero-order valence-electron chi connectivity index (χ0n) is 11.7. The summed E-state index contributed by atoms with van der Waals surface area (Å²) in [5.74, 6) is -0.105. The van der Waals surface area contributed by atoms with Gasteiger partial charge in [-0.3, -0.25) is 14.4 Å². The highest BCUT2D eigenvalue weighted by molar-refractivity contribution is 8.18. The van der Waals surface area contributed by atoms with E-state index in [2.05, 4.69) is 0 Å². The van der Waals surface area contributed by atoms with E-state index in [0.717, 1.165) is 29.2 Å². The third kappa shape index (κ3) is 4.02. The van der Waals surface area contributed by atoms with Crippen LogP contribution in [0.5, 0.6) is 0 Å². The molecule has 1 fully saturated rings. The fraction of sp³-hybridized carbons (Fsp3) is 0.235. The van der Waals surface area contributed by atoms with Gasteiger partial charge in [0.1, 0.15) is 6.29 Å². The molecule has 1 aliphatic rings. The van der Waals surface area contributed by atoms with Crippen molar-refractivity contribution in [3.63, 3.8) is 0 Å². The molecule has 1 atom stereocenters. The van der Waals surface area contributed by atoms with E-state index >= 15 is 0 Å². The number of Topliss-reactive ketones (excluding diaryl/α,β-unsaturated/α-hetero) is 1. The number of benzene rings is 1. The molecule has 108 valence electrons. The summed E-state index contributed by atoms with van der Waals surface area (Å²) in [5, 5.41) is 0.0777. The number of carbonyl (C=O) groups is 3. The standard InChI is InChI=1S/C17H16O3S/c1-2-14-11-15(19)16(21-17(14)20)10-13-7-5-12(6-8-13)4-3-9-18/h3-10,14H,2,11H2,1H3/b4-3+,16-10-. The van der Waals surface area contributed by atoms with Gasteiger partial charge in [0.05, 0.1) is 4.91 Å². The van der Waals surface area contributed by atoms with Gasteiger partial charge in [0, 0.05) is 12.3 Å². The smallest absolute Gasteiger partial charge is 0.197 e. The molecule has 2 rings (SSSR count). The fourth-order valence-corrected chi connectivity index (χ4v) is 3.11. The van der Waals surface area contributed by atoms with E-state index in [9.17, 15) is 14.4 Å². The predicted molar refractivity (Wildman–Crippen MR) is 85.5 cm³/mol. The molecule has 4 heteroatoms. The molecular formula is C17H16O3S. The van der Waals surface area contributed by atoms with Gasteiger partial charge in [-0.1, -0.05) is 37.3 Å². The lowest BCUT2D eigenvalue weighted by Gasteiger charge is -2.19. The summed E-state index contributed by atoms with van der Waals surface area (Å²) in [7, 11) is 0. The highest BCUT2D eigenvalue weighted by Crippen LogP contribution is 2.34. The molecule has 0 bridgehead atoms. The molecule has 0 N–H and O–H groups in total. The minimum Gasteiger partial charge on any atom is -0.299 e. The van der Waals surface area contributed by atoms with E-state index in [1.165, 1.54) is 6.08 Å². The van der Waals surface area contributed by atoms with Crippen molar-refractivity contribution in [1.29, 1.82) is 0 Å². The molecule has 3 nitrogen and oxygen atoms in total. The predicted octanol–water partition coefficient (Wildman–Crippen LogP) is 3.50. The van der Waals surface area contributed by atoms with E-state index in [1.54, 1.807) is 12.2 Å². The lowest BCUT2D eigenvalue weighted by molar-refractivity contribution is -0.122. The Balaban J connectivity index is 2.16. The Bertz CT molecular complexity index is 611. The molecule has 0 spiro atoms. The Morgan fingerprint density at radius 3 is 2.48 bits per heavy atom. The van der Waals surface area contributed by atoms with Crippen molar-refractivity contribution in [3.05, 3.63) is 46.4 Å². The average molecular weight is 300 g/mol. The second-order valence-electron chi connectivity index (χ2n) is 4.82. The van der Waals surface area contributed by atoms with Crippen LogP contribution in [-0.4, -0.2) is 17.2 Å². The number of thioether (sulfide) groups is 1. The molecule has 21 heavy (non-hydrogen) atoms. The molecule has 1 unspecified atom stereocenters. The van der Waals surface area contributed by atoms with Gasteiger partial charge < -0.3 is 0 Å². The van der Waals surface area contributed by atoms with E-state index in [0.29, 0.717) is 17.7 Å². The first-order valence-electron chi connectivity index (χ1n) is 6.82. The van der Waals surface area contributed by atoms with Gasteiger partial charge >= 0.3 is 0 Å². The van der Waals surface area contributed by atoms with Crippen molar-refractivity contribution in [2.45, 2.75) is 19.8 Å². The van der Waals surface area contributed by atoms with Crippen LogP contribution in [0.15, 0.2) is 35.2 Å². The van der Waals surface area contributed by atoms with Crippen LogP contribution in [0.25, 0.3) is 12.2 Å². The van der Waals surface area contributed by atoms with Crippen LogP contribution in [0.4, 0.5) is 0 Å². The van der Waals surface area contributed by atoms with E-state index in [-0.39, 0.29) is 16.8 Å². The first-order chi connectivity index (χ1) is 10.1. The Kier molecular flexibility index (Phi) is 5.28. The summed E-state index contributed by atoms with van der Waals surface area (Å²) < 4.78 is 0. The fourth-order valence-electron chi connectivity index (χ4n) is 2.08. The summed E-state index contributed by atoms with van der Waals surface area (Å²) in [4.78, 5) is 34.7. The number of hydrogen-bond donors (Lipinski definition) is 0. The molecule has 1 saturated heterocycles. The lowest BCUT2D eigenvalue weighted by atomic mass is 9.99. The minimum atomic E-state index is -0.143. The average Bonchev–Trinajstić information content (AvgIpc) is 2.50. The molecule has 1 aromatic rings. The van der Waals surface area contributed by atoms with Crippen LogP contribution >= 0.6 is 11.8 Å². The van der Waals surface area contributed by atoms with Gasteiger partial charge in [0.25, 0.3) is 0 Å². The van der Waals surface area contributed by atoms with E-state index < -0.39 is 0 Å². The number of rotatable bonds is 4. The quantitative estimate of drug-likeness (QED) is 0.631. The molecule has 1 aromatic carbocycles. The third-order valence-electron chi connectivity index (χ3n) is 3.34. The van der Waals surface area contributed by atoms with Gasteiger partial charge in [-0.15, -0.1) is 0 Å². The number of ketones is 1. The van der Waals surface area contributed by atoms with Crippen LogP contribution in [0.1, 0.15) is 30.9 Å². The molecular weight excluding hydrogens is 284 g/mol. The summed E-state index contributed by atoms with van der Waals surface area (Å²) in [5.41, 5.74) is 1.78. The maximum absolute atomic E-state index is 12.0. The van der Waals surface area contributed by atoms with Gasteiger partial charge in [-0.2, -0.15) is 0 Å². The first-order valence-corrected chi connectivity index (χ1v) is 7.64. The Hall–Kier alpha value is -1.94. The van der Waals surface area contributed by atoms with Crippen molar-refractivity contribution < 1.29 is 14.4 Å². The van der Waals surface area contributed by atoms with Crippen molar-refractivity contribution in [2.24, 2.45) is 5.92 Å². The van der Waals surface area contributed by atoms with Crippen molar-refractivity contribution in [1.82, 2.24) is 0 Å². The molecule has 0 aliphatic carbocycles. The van der Waals surface area contributed by atoms with E-state index in [1.807, 2.05) is 31.2 Å². The summed E-state index contributed by atoms with van der Waals surface area (Å²) >= 11 is 1.05. The molecule has 0 amide bonds. The normalized spacial score (nSPS) is 21.2. The largest absolute Gasteiger partial charge is 0.299 e. The first kappa shape index (κ1) is 15.4. The maximum atomic E-state index is 12.0. The summed E-state index contributed by atoms with van der Waals surface area (Å²) in [6.45, 7) is 1.93. The lowest BCUT2D eigenvalue weighted by Crippen LogP contribution is -2.22. The Labute approximate surface area is 128 Å². The number of allylic oxidation sites excluding steroid dienone is 2. The second-order valence-corrected chi connectivity index (χ2v) is 5.87. The molecule has 0 saturated carbocycles. The Morgan fingerprint density at radius 2 is 1.86 bits per heavy atom.